The predicted molar refractivity (Wildman–Crippen MR) is 44.7 cm³/mol. The van der Waals surface area contributed by atoms with Crippen LogP contribution in [0, 0.1) is 0 Å². The monoisotopic (exact) mass is 148 g/mol. The lowest BCUT2D eigenvalue weighted by atomic mass is 10.4. The van der Waals surface area contributed by atoms with Gasteiger partial charge in [-0.25, -0.2) is 0 Å². The second-order valence-electron chi connectivity index (χ2n) is 2.26. The predicted octanol–water partition coefficient (Wildman–Crippen LogP) is 0.806. The van der Waals surface area contributed by atoms with E-state index in [1.807, 2.05) is 0 Å². The summed E-state index contributed by atoms with van der Waals surface area (Å²) < 4.78 is 3.19. The molecule has 0 unspecified atom stereocenters. The van der Waals surface area contributed by atoms with Gasteiger partial charge in [-0.2, -0.15) is 0 Å². The summed E-state index contributed by atoms with van der Waals surface area (Å²) >= 11 is 1.68. The summed E-state index contributed by atoms with van der Waals surface area (Å²) in [6, 6.07) is 0. The highest BCUT2D eigenvalue weighted by Gasteiger charge is 1.87. The first-order chi connectivity index (χ1) is 4.27. The van der Waals surface area contributed by atoms with Crippen molar-refractivity contribution >= 4 is 11.9 Å². The van der Waals surface area contributed by atoms with E-state index in [1.165, 1.54) is 13.0 Å². The van der Waals surface area contributed by atoms with Crippen molar-refractivity contribution < 1.29 is 0 Å². The highest BCUT2D eigenvalue weighted by Crippen LogP contribution is 1.85. The van der Waals surface area contributed by atoms with Crippen molar-refractivity contribution in [2.45, 2.75) is 6.42 Å². The Balaban J connectivity index is 2.75. The molecule has 3 heteroatoms. The molecule has 0 rings (SSSR count). The van der Waals surface area contributed by atoms with Crippen LogP contribution >= 0.6 is 11.9 Å². The van der Waals surface area contributed by atoms with E-state index in [1.54, 1.807) is 11.9 Å². The Morgan fingerprint density at radius 2 is 2.11 bits per heavy atom. The Hall–Kier alpha value is 0.270. The largest absolute Gasteiger partial charge is 0.309 e. The summed E-state index contributed by atoms with van der Waals surface area (Å²) in [5.74, 6) is 0. The average Bonchev–Trinajstić information content (AvgIpc) is 1.80. The molecule has 0 aromatic rings. The molecule has 0 atom stereocenters. The molecule has 0 aliphatic heterocycles. The minimum absolute atomic E-state index is 1.11. The molecule has 2 nitrogen and oxygen atoms in total. The zero-order chi connectivity index (χ0) is 7.11. The van der Waals surface area contributed by atoms with Gasteiger partial charge in [-0.1, -0.05) is 11.9 Å². The van der Waals surface area contributed by atoms with E-state index >= 15 is 0 Å². The van der Waals surface area contributed by atoms with Gasteiger partial charge in [0, 0.05) is 6.54 Å². The van der Waals surface area contributed by atoms with Crippen LogP contribution in [0.1, 0.15) is 6.42 Å². The average molecular weight is 148 g/mol. The molecule has 0 amide bonds. The molecule has 0 aromatic heterocycles. The number of hydrogen-bond acceptors (Lipinski definition) is 3. The van der Waals surface area contributed by atoms with Crippen molar-refractivity contribution in [2.75, 3.05) is 33.4 Å². The first-order valence-corrected chi connectivity index (χ1v) is 4.40. The third kappa shape index (κ3) is 8.27. The molecular formula is C6H16N2S. The summed E-state index contributed by atoms with van der Waals surface area (Å²) in [6.45, 7) is 2.28. The lowest BCUT2D eigenvalue weighted by Crippen LogP contribution is -2.17. The third-order valence-electron chi connectivity index (χ3n) is 1.03. The summed E-state index contributed by atoms with van der Waals surface area (Å²) in [6.07, 6.45) is 3.28. The summed E-state index contributed by atoms with van der Waals surface area (Å²) in [4.78, 5) is 2.20. The highest BCUT2D eigenvalue weighted by atomic mass is 32.2. The van der Waals surface area contributed by atoms with Crippen LogP contribution < -0.4 is 4.72 Å². The molecule has 0 saturated heterocycles. The van der Waals surface area contributed by atoms with Crippen LogP contribution in [0.15, 0.2) is 0 Å². The maximum Gasteiger partial charge on any atom is 0.00705 e. The van der Waals surface area contributed by atoms with Gasteiger partial charge >= 0.3 is 0 Å². The molecule has 0 saturated carbocycles. The molecule has 0 bridgehead atoms. The molecule has 1 N–H and O–H groups in total. The molecular weight excluding hydrogens is 132 g/mol. The molecule has 0 aliphatic rings. The van der Waals surface area contributed by atoms with Gasteiger partial charge in [-0.05, 0) is 33.3 Å². The Bertz CT molecular complexity index is 57.0. The van der Waals surface area contributed by atoms with E-state index in [2.05, 4.69) is 30.0 Å². The Kier molecular flexibility index (Phi) is 6.58. The topological polar surface area (TPSA) is 15.3 Å². The van der Waals surface area contributed by atoms with E-state index < -0.39 is 0 Å². The normalized spacial score (nSPS) is 10.7. The van der Waals surface area contributed by atoms with Crippen LogP contribution in [0.4, 0.5) is 0 Å². The Morgan fingerprint density at radius 3 is 2.56 bits per heavy atom. The number of rotatable bonds is 5. The van der Waals surface area contributed by atoms with Crippen LogP contribution in [-0.2, 0) is 0 Å². The van der Waals surface area contributed by atoms with Crippen LogP contribution in [0.2, 0.25) is 0 Å². The van der Waals surface area contributed by atoms with Gasteiger partial charge in [-0.15, -0.1) is 0 Å². The zero-order valence-electron chi connectivity index (χ0n) is 6.48. The standard InChI is InChI=1S/C6H16N2S/c1-8(2)6-4-5-7-9-3/h7H,4-6H2,1-3H3. The number of hydrogen-bond donors (Lipinski definition) is 1. The van der Waals surface area contributed by atoms with Gasteiger partial charge in [0.25, 0.3) is 0 Å². The smallest absolute Gasteiger partial charge is 0.00705 e. The van der Waals surface area contributed by atoms with E-state index in [4.69, 9.17) is 0 Å². The summed E-state index contributed by atoms with van der Waals surface area (Å²) in [5, 5.41) is 0. The van der Waals surface area contributed by atoms with Crippen LogP contribution in [0.25, 0.3) is 0 Å². The van der Waals surface area contributed by atoms with Gasteiger partial charge in [0.15, 0.2) is 0 Å². The fourth-order valence-corrected chi connectivity index (χ4v) is 0.918. The quantitative estimate of drug-likeness (QED) is 0.459. The minimum Gasteiger partial charge on any atom is -0.309 e. The second kappa shape index (κ2) is 6.39. The van der Waals surface area contributed by atoms with Gasteiger partial charge in [-0.3, -0.25) is 4.72 Å². The fraction of sp³-hybridized carbons (Fsp3) is 1.00. The minimum atomic E-state index is 1.11. The van der Waals surface area contributed by atoms with Crippen molar-refractivity contribution in [3.05, 3.63) is 0 Å². The van der Waals surface area contributed by atoms with Crippen molar-refractivity contribution in [1.82, 2.24) is 9.62 Å². The Labute approximate surface area is 62.1 Å². The lowest BCUT2D eigenvalue weighted by molar-refractivity contribution is 0.401. The van der Waals surface area contributed by atoms with Gasteiger partial charge in [0.1, 0.15) is 0 Å². The zero-order valence-corrected chi connectivity index (χ0v) is 7.29. The highest BCUT2D eigenvalue weighted by molar-refractivity contribution is 7.96. The first-order valence-electron chi connectivity index (χ1n) is 3.18. The van der Waals surface area contributed by atoms with E-state index in [0.717, 1.165) is 6.54 Å². The fourth-order valence-electron chi connectivity index (χ4n) is 0.570. The Morgan fingerprint density at radius 1 is 1.44 bits per heavy atom. The van der Waals surface area contributed by atoms with Gasteiger partial charge < -0.3 is 4.90 Å². The first kappa shape index (κ1) is 9.27. The van der Waals surface area contributed by atoms with Crippen molar-refractivity contribution in [2.24, 2.45) is 0 Å². The van der Waals surface area contributed by atoms with Crippen molar-refractivity contribution in [3.63, 3.8) is 0 Å². The summed E-state index contributed by atoms with van der Waals surface area (Å²) in [5.41, 5.74) is 0. The number of nitrogens with one attached hydrogen (secondary N) is 1. The van der Waals surface area contributed by atoms with Crippen LogP contribution in [-0.4, -0.2) is 38.3 Å². The molecule has 0 aromatic carbocycles. The summed E-state index contributed by atoms with van der Waals surface area (Å²) in [7, 11) is 4.19. The van der Waals surface area contributed by atoms with Gasteiger partial charge in [0.05, 0.1) is 0 Å². The molecule has 9 heavy (non-hydrogen) atoms. The molecule has 0 aliphatic carbocycles. The van der Waals surface area contributed by atoms with Gasteiger partial charge in [0.2, 0.25) is 0 Å². The maximum atomic E-state index is 3.19. The molecule has 0 heterocycles. The van der Waals surface area contributed by atoms with E-state index in [9.17, 15) is 0 Å². The maximum absolute atomic E-state index is 3.19. The SMILES string of the molecule is CSNCCCN(C)C. The molecule has 0 spiro atoms. The lowest BCUT2D eigenvalue weighted by Gasteiger charge is -2.07. The van der Waals surface area contributed by atoms with E-state index in [-0.39, 0.29) is 0 Å². The van der Waals surface area contributed by atoms with Crippen LogP contribution in [0.5, 0.6) is 0 Å². The van der Waals surface area contributed by atoms with Crippen LogP contribution in [0.3, 0.4) is 0 Å². The molecule has 56 valence electrons. The van der Waals surface area contributed by atoms with E-state index in [0.29, 0.717) is 0 Å². The van der Waals surface area contributed by atoms with Crippen molar-refractivity contribution in [3.8, 4) is 0 Å². The number of nitrogens with zero attached hydrogens (tertiary/aromatic N) is 1. The molecule has 0 fully saturated rings. The van der Waals surface area contributed by atoms with Crippen molar-refractivity contribution in [1.29, 1.82) is 0 Å². The third-order valence-corrected chi connectivity index (χ3v) is 1.52. The molecule has 0 radical (unpaired) electrons. The second-order valence-corrected chi connectivity index (χ2v) is 2.95.